The predicted molar refractivity (Wildman–Crippen MR) is 148 cm³/mol. The van der Waals surface area contributed by atoms with Crippen molar-refractivity contribution in [2.24, 2.45) is 0 Å². The van der Waals surface area contributed by atoms with Crippen molar-refractivity contribution < 1.29 is 19.2 Å². The molecule has 1 aliphatic carbocycles. The molecule has 1 N–H and O–H groups in total. The van der Waals surface area contributed by atoms with Crippen molar-refractivity contribution in [3.05, 3.63) is 106 Å². The molecule has 1 saturated carbocycles. The van der Waals surface area contributed by atoms with Crippen LogP contribution in [0.2, 0.25) is 0 Å². The molecule has 0 unspecified atom stereocenters. The van der Waals surface area contributed by atoms with E-state index in [-0.39, 0.29) is 35.7 Å². The summed E-state index contributed by atoms with van der Waals surface area (Å²) in [5, 5.41) is 12.4. The predicted octanol–water partition coefficient (Wildman–Crippen LogP) is 4.96. The molecule has 0 aliphatic heterocycles. The lowest BCUT2D eigenvalue weighted by atomic mass is 10.1. The number of hydrogen-bond donors (Lipinski definition) is 1. The molecule has 3 aromatic carbocycles. The average molecular weight is 527 g/mol. The van der Waals surface area contributed by atoms with Crippen LogP contribution in [0.15, 0.2) is 79.0 Å². The molecular formula is C30H30N4O5. The molecule has 0 atom stereocenters. The molecule has 1 fully saturated rings. The van der Waals surface area contributed by atoms with Crippen LogP contribution >= 0.6 is 0 Å². The summed E-state index contributed by atoms with van der Waals surface area (Å²) in [6, 6.07) is 21.3. The lowest BCUT2D eigenvalue weighted by Gasteiger charge is -2.28. The number of hydrogen-bond acceptors (Lipinski definition) is 5. The van der Waals surface area contributed by atoms with E-state index in [0.717, 1.165) is 40.6 Å². The number of aromatic nitrogens is 1. The van der Waals surface area contributed by atoms with Gasteiger partial charge in [0.2, 0.25) is 5.91 Å². The van der Waals surface area contributed by atoms with E-state index in [0.29, 0.717) is 19.5 Å². The van der Waals surface area contributed by atoms with Crippen LogP contribution in [0.25, 0.3) is 10.9 Å². The summed E-state index contributed by atoms with van der Waals surface area (Å²) in [5.74, 6) is 0.199. The van der Waals surface area contributed by atoms with Gasteiger partial charge in [0.25, 0.3) is 11.6 Å². The molecular weight excluding hydrogens is 496 g/mol. The summed E-state index contributed by atoms with van der Waals surface area (Å²) < 4.78 is 5.27. The first-order valence-corrected chi connectivity index (χ1v) is 12.9. The first kappa shape index (κ1) is 26.0. The number of ether oxygens (including phenoxy) is 1. The molecule has 2 amide bonds. The number of methoxy groups -OCH3 is 1. The van der Waals surface area contributed by atoms with Crippen LogP contribution < -0.4 is 4.74 Å². The molecule has 200 valence electrons. The van der Waals surface area contributed by atoms with E-state index in [1.54, 1.807) is 23.0 Å². The van der Waals surface area contributed by atoms with Crippen molar-refractivity contribution in [2.45, 2.75) is 31.8 Å². The van der Waals surface area contributed by atoms with Crippen molar-refractivity contribution in [3.63, 3.8) is 0 Å². The van der Waals surface area contributed by atoms with Crippen LogP contribution in [0.4, 0.5) is 5.69 Å². The van der Waals surface area contributed by atoms with Gasteiger partial charge in [-0.05, 0) is 54.7 Å². The zero-order valence-corrected chi connectivity index (χ0v) is 21.7. The second-order valence-electron chi connectivity index (χ2n) is 9.74. The molecule has 9 nitrogen and oxygen atoms in total. The first-order chi connectivity index (χ1) is 18.9. The Morgan fingerprint density at radius 2 is 1.82 bits per heavy atom. The van der Waals surface area contributed by atoms with Crippen molar-refractivity contribution in [1.29, 1.82) is 0 Å². The van der Waals surface area contributed by atoms with Gasteiger partial charge >= 0.3 is 0 Å². The van der Waals surface area contributed by atoms with Crippen molar-refractivity contribution in [3.8, 4) is 5.75 Å². The van der Waals surface area contributed by atoms with Gasteiger partial charge in [-0.1, -0.05) is 36.4 Å². The Labute approximate surface area is 226 Å². The molecule has 0 radical (unpaired) electrons. The Balaban J connectivity index is 1.36. The number of rotatable bonds is 11. The van der Waals surface area contributed by atoms with Crippen molar-refractivity contribution in [1.82, 2.24) is 14.8 Å². The fourth-order valence-corrected chi connectivity index (χ4v) is 4.75. The number of nitro benzene ring substituents is 1. The number of para-hydroxylation sites is 1. The topological polar surface area (TPSA) is 109 Å². The molecule has 1 aliphatic rings. The Morgan fingerprint density at radius 3 is 2.54 bits per heavy atom. The highest BCUT2D eigenvalue weighted by atomic mass is 16.6. The third-order valence-corrected chi connectivity index (χ3v) is 7.07. The van der Waals surface area contributed by atoms with Gasteiger partial charge in [0, 0.05) is 53.9 Å². The van der Waals surface area contributed by atoms with Gasteiger partial charge in [-0.2, -0.15) is 0 Å². The first-order valence-electron chi connectivity index (χ1n) is 12.9. The smallest absolute Gasteiger partial charge is 0.270 e. The maximum absolute atomic E-state index is 13.7. The van der Waals surface area contributed by atoms with Crippen molar-refractivity contribution >= 4 is 28.4 Å². The lowest BCUT2D eigenvalue weighted by molar-refractivity contribution is -0.384. The summed E-state index contributed by atoms with van der Waals surface area (Å²) in [4.78, 5) is 44.5. The zero-order valence-electron chi connectivity index (χ0n) is 21.7. The minimum Gasteiger partial charge on any atom is -0.497 e. The summed E-state index contributed by atoms with van der Waals surface area (Å²) >= 11 is 0. The highest BCUT2D eigenvalue weighted by Gasteiger charge is 2.35. The minimum absolute atomic E-state index is 0.0443. The number of carbonyl (C=O) groups excluding carboxylic acids is 2. The normalized spacial score (nSPS) is 12.7. The number of amides is 2. The van der Waals surface area contributed by atoms with Crippen LogP contribution in [-0.2, 0) is 17.8 Å². The highest BCUT2D eigenvalue weighted by molar-refractivity contribution is 5.97. The molecule has 0 saturated heterocycles. The zero-order chi connectivity index (χ0) is 27.4. The number of H-pyrrole nitrogens is 1. The summed E-state index contributed by atoms with van der Waals surface area (Å²) in [6.45, 7) is 0.765. The number of benzene rings is 3. The number of nitro groups is 1. The van der Waals surface area contributed by atoms with Gasteiger partial charge < -0.3 is 19.5 Å². The molecule has 9 heteroatoms. The average Bonchev–Trinajstić information content (AvgIpc) is 3.73. The van der Waals surface area contributed by atoms with E-state index in [1.165, 1.54) is 18.2 Å². The van der Waals surface area contributed by atoms with Crippen molar-refractivity contribution in [2.75, 3.05) is 20.2 Å². The van der Waals surface area contributed by atoms with Gasteiger partial charge in [0.1, 0.15) is 12.3 Å². The summed E-state index contributed by atoms with van der Waals surface area (Å²) in [5.41, 5.74) is 3.17. The van der Waals surface area contributed by atoms with Gasteiger partial charge in [0.15, 0.2) is 0 Å². The van der Waals surface area contributed by atoms with Gasteiger partial charge in [-0.25, -0.2) is 0 Å². The molecule has 1 aromatic heterocycles. The van der Waals surface area contributed by atoms with E-state index in [2.05, 4.69) is 11.1 Å². The number of non-ortho nitro benzene ring substituents is 1. The fraction of sp³-hybridized carbons (Fsp3) is 0.267. The molecule has 0 bridgehead atoms. The third-order valence-electron chi connectivity index (χ3n) is 7.07. The molecule has 5 rings (SSSR count). The second kappa shape index (κ2) is 11.4. The van der Waals surface area contributed by atoms with Crippen LogP contribution in [0.3, 0.4) is 0 Å². The maximum Gasteiger partial charge on any atom is 0.270 e. The van der Waals surface area contributed by atoms with Gasteiger partial charge in [-0.3, -0.25) is 19.7 Å². The van der Waals surface area contributed by atoms with E-state index in [4.69, 9.17) is 4.74 Å². The van der Waals surface area contributed by atoms with E-state index >= 15 is 0 Å². The number of aromatic amines is 1. The van der Waals surface area contributed by atoms with Crippen LogP contribution in [0, 0.1) is 10.1 Å². The van der Waals surface area contributed by atoms with Crippen LogP contribution in [0.1, 0.15) is 34.3 Å². The Kier molecular flexibility index (Phi) is 7.58. The Bertz CT molecular complexity index is 1490. The highest BCUT2D eigenvalue weighted by Crippen LogP contribution is 2.29. The fourth-order valence-electron chi connectivity index (χ4n) is 4.75. The minimum atomic E-state index is -0.523. The molecule has 39 heavy (non-hydrogen) atoms. The monoisotopic (exact) mass is 526 g/mol. The number of nitrogens with one attached hydrogen (secondary N) is 1. The Morgan fingerprint density at radius 1 is 1.05 bits per heavy atom. The maximum atomic E-state index is 13.7. The van der Waals surface area contributed by atoms with Gasteiger partial charge in [-0.15, -0.1) is 0 Å². The second-order valence-corrected chi connectivity index (χ2v) is 9.74. The van der Waals surface area contributed by atoms with E-state index in [1.807, 2.05) is 48.7 Å². The van der Waals surface area contributed by atoms with Crippen LogP contribution in [0.5, 0.6) is 5.75 Å². The molecule has 1 heterocycles. The Hall–Kier alpha value is -4.66. The summed E-state index contributed by atoms with van der Waals surface area (Å²) in [6.07, 6.45) is 4.24. The largest absolute Gasteiger partial charge is 0.497 e. The van der Waals surface area contributed by atoms with Gasteiger partial charge in [0.05, 0.1) is 12.0 Å². The summed E-state index contributed by atoms with van der Waals surface area (Å²) in [7, 11) is 1.61. The standard InChI is InChI=1S/C30H30N4O5/c1-39-26-13-9-21(10-14-26)19-32(16-15-23-18-31-28-8-3-2-7-27(23)28)29(35)20-33(24-11-12-24)30(36)22-5-4-6-25(17-22)34(37)38/h2-10,13-14,17-18,24,31H,11-12,15-16,19-20H2,1H3. The quantitative estimate of drug-likeness (QED) is 0.219. The lowest BCUT2D eigenvalue weighted by Crippen LogP contribution is -2.44. The van der Waals surface area contributed by atoms with E-state index in [9.17, 15) is 19.7 Å². The van der Waals surface area contributed by atoms with Crippen LogP contribution in [-0.4, -0.2) is 57.8 Å². The molecule has 0 spiro atoms. The SMILES string of the molecule is COc1ccc(CN(CCc2c[nH]c3ccccc23)C(=O)CN(C(=O)c2cccc([N+](=O)[O-])c2)C2CC2)cc1. The van der Waals surface area contributed by atoms with E-state index < -0.39 is 4.92 Å². The number of nitrogens with zero attached hydrogens (tertiary/aromatic N) is 3. The third kappa shape index (κ3) is 6.09. The number of fused-ring (bicyclic) bond motifs is 1. The molecule has 4 aromatic rings. The number of carbonyl (C=O) groups is 2.